The van der Waals surface area contributed by atoms with E-state index in [4.69, 9.17) is 0 Å². The van der Waals surface area contributed by atoms with E-state index < -0.39 is 5.60 Å². The van der Waals surface area contributed by atoms with Crippen molar-refractivity contribution < 1.29 is 19.2 Å². The topological polar surface area (TPSA) is 69.6 Å². The summed E-state index contributed by atoms with van der Waals surface area (Å²) in [5.41, 5.74) is 1.93. The van der Waals surface area contributed by atoms with Gasteiger partial charge >= 0.3 is 0 Å². The van der Waals surface area contributed by atoms with Crippen molar-refractivity contribution in [3.8, 4) is 0 Å². The second kappa shape index (κ2) is 8.35. The van der Waals surface area contributed by atoms with Gasteiger partial charge in [0.2, 0.25) is 0 Å². The molecule has 0 unspecified atom stereocenters. The van der Waals surface area contributed by atoms with Crippen molar-refractivity contribution >= 4 is 16.8 Å². The van der Waals surface area contributed by atoms with Crippen molar-refractivity contribution in [2.45, 2.75) is 24.9 Å². The molecule has 1 saturated heterocycles. The monoisotopic (exact) mass is 396 g/mol. The van der Waals surface area contributed by atoms with Crippen LogP contribution in [0.4, 0.5) is 4.39 Å². The number of aromatic amines is 1. The van der Waals surface area contributed by atoms with Crippen molar-refractivity contribution in [3.05, 3.63) is 71.7 Å². The normalized spacial score (nSPS) is 21.9. The van der Waals surface area contributed by atoms with E-state index in [-0.39, 0.29) is 11.7 Å². The number of fused-ring (bicyclic) bond motifs is 1. The fourth-order valence-corrected chi connectivity index (χ4v) is 4.23. The molecule has 0 saturated carbocycles. The standard InChI is InChI=1S/C23H26FN3O2/c24-19-5-3-4-18(14-19)23(29)9-12-27(13-10-23)16-22(28)25-11-8-17-15-26-21-7-2-1-6-20(17)21/h1-7,14-15,26,29H,8-13,16H2,(H,25,28)/p+1. The van der Waals surface area contributed by atoms with E-state index in [0.717, 1.165) is 16.8 Å². The Morgan fingerprint density at radius 2 is 1.97 bits per heavy atom. The van der Waals surface area contributed by atoms with Crippen molar-refractivity contribution in [2.24, 2.45) is 0 Å². The number of carbonyl (C=O) groups is 1. The Kier molecular flexibility index (Phi) is 5.65. The Balaban J connectivity index is 1.24. The maximum Gasteiger partial charge on any atom is 0.275 e. The third-order valence-electron chi connectivity index (χ3n) is 5.95. The van der Waals surface area contributed by atoms with Gasteiger partial charge in [-0.2, -0.15) is 0 Å². The largest absolute Gasteiger partial charge is 0.385 e. The number of quaternary nitrogens is 1. The lowest BCUT2D eigenvalue weighted by molar-refractivity contribution is -0.900. The number of benzene rings is 2. The molecule has 0 bridgehead atoms. The molecule has 4 N–H and O–H groups in total. The first-order valence-electron chi connectivity index (χ1n) is 10.2. The third-order valence-corrected chi connectivity index (χ3v) is 5.95. The molecule has 2 aromatic carbocycles. The van der Waals surface area contributed by atoms with Crippen LogP contribution in [0, 0.1) is 5.82 Å². The van der Waals surface area contributed by atoms with Crippen LogP contribution in [0.5, 0.6) is 0 Å². The first kappa shape index (κ1) is 19.6. The van der Waals surface area contributed by atoms with Gasteiger partial charge in [-0.25, -0.2) is 4.39 Å². The lowest BCUT2D eigenvalue weighted by Gasteiger charge is -2.36. The van der Waals surface area contributed by atoms with Gasteiger partial charge in [0.1, 0.15) is 11.4 Å². The molecule has 6 heteroatoms. The number of hydrogen-bond acceptors (Lipinski definition) is 2. The highest BCUT2D eigenvalue weighted by Crippen LogP contribution is 2.29. The lowest BCUT2D eigenvalue weighted by atomic mass is 9.84. The van der Waals surface area contributed by atoms with E-state index in [0.29, 0.717) is 44.6 Å². The Morgan fingerprint density at radius 3 is 2.76 bits per heavy atom. The fourth-order valence-electron chi connectivity index (χ4n) is 4.23. The molecule has 1 aliphatic rings. The summed E-state index contributed by atoms with van der Waals surface area (Å²) < 4.78 is 13.5. The summed E-state index contributed by atoms with van der Waals surface area (Å²) in [4.78, 5) is 16.7. The van der Waals surface area contributed by atoms with Gasteiger partial charge in [0.25, 0.3) is 5.91 Å². The van der Waals surface area contributed by atoms with E-state index in [1.807, 2.05) is 24.4 Å². The SMILES string of the molecule is O=C(C[NH+]1CCC(O)(c2cccc(F)c2)CC1)NCCc1c[nH]c2ccccc12. The van der Waals surface area contributed by atoms with Crippen molar-refractivity contribution in [2.75, 3.05) is 26.2 Å². The maximum absolute atomic E-state index is 13.5. The number of rotatable bonds is 6. The van der Waals surface area contributed by atoms with Crippen LogP contribution in [0.3, 0.4) is 0 Å². The molecule has 1 amide bonds. The highest BCUT2D eigenvalue weighted by atomic mass is 19.1. The number of carbonyl (C=O) groups excluding carboxylic acids is 1. The van der Waals surface area contributed by atoms with Crippen LogP contribution >= 0.6 is 0 Å². The molecule has 29 heavy (non-hydrogen) atoms. The molecule has 1 aliphatic heterocycles. The second-order valence-corrected chi connectivity index (χ2v) is 7.93. The first-order chi connectivity index (χ1) is 14.0. The van der Waals surface area contributed by atoms with Crippen LogP contribution in [-0.2, 0) is 16.8 Å². The number of aliphatic hydroxyl groups is 1. The molecule has 152 valence electrons. The number of piperidine rings is 1. The molecule has 0 radical (unpaired) electrons. The van der Waals surface area contributed by atoms with Gasteiger partial charge < -0.3 is 20.3 Å². The molecule has 0 spiro atoms. The van der Waals surface area contributed by atoms with Crippen molar-refractivity contribution in [3.63, 3.8) is 0 Å². The highest BCUT2D eigenvalue weighted by molar-refractivity contribution is 5.83. The predicted octanol–water partition coefficient (Wildman–Crippen LogP) is 1.53. The summed E-state index contributed by atoms with van der Waals surface area (Å²) in [5.74, 6) is -0.309. The zero-order valence-electron chi connectivity index (χ0n) is 16.4. The van der Waals surface area contributed by atoms with Gasteiger partial charge in [0.15, 0.2) is 6.54 Å². The lowest BCUT2D eigenvalue weighted by Crippen LogP contribution is -3.14. The van der Waals surface area contributed by atoms with E-state index >= 15 is 0 Å². The molecular formula is C23H27FN3O2+. The number of nitrogens with one attached hydrogen (secondary N) is 3. The number of aromatic nitrogens is 1. The van der Waals surface area contributed by atoms with E-state index in [2.05, 4.69) is 16.4 Å². The molecule has 2 heterocycles. The summed E-state index contributed by atoms with van der Waals surface area (Å²) in [6.45, 7) is 2.36. The number of likely N-dealkylation sites (tertiary alicyclic amines) is 1. The van der Waals surface area contributed by atoms with Gasteiger partial charge in [-0.1, -0.05) is 30.3 Å². The molecule has 4 rings (SSSR count). The van der Waals surface area contributed by atoms with Gasteiger partial charge in [0, 0.05) is 36.5 Å². The zero-order chi connectivity index (χ0) is 20.3. The Bertz CT molecular complexity index is 992. The smallest absolute Gasteiger partial charge is 0.275 e. The second-order valence-electron chi connectivity index (χ2n) is 7.93. The van der Waals surface area contributed by atoms with E-state index in [1.165, 1.54) is 23.1 Å². The minimum Gasteiger partial charge on any atom is -0.385 e. The van der Waals surface area contributed by atoms with Crippen LogP contribution in [0.2, 0.25) is 0 Å². The Hall–Kier alpha value is -2.70. The van der Waals surface area contributed by atoms with Crippen LogP contribution in [0.1, 0.15) is 24.0 Å². The number of halogens is 1. The summed E-state index contributed by atoms with van der Waals surface area (Å²) in [5, 5.41) is 15.1. The first-order valence-corrected chi connectivity index (χ1v) is 10.2. The summed E-state index contributed by atoms with van der Waals surface area (Å²) in [7, 11) is 0. The molecule has 3 aromatic rings. The van der Waals surface area contributed by atoms with Crippen LogP contribution in [0.25, 0.3) is 10.9 Å². The van der Waals surface area contributed by atoms with Crippen LogP contribution < -0.4 is 10.2 Å². The van der Waals surface area contributed by atoms with E-state index in [9.17, 15) is 14.3 Å². The number of H-pyrrole nitrogens is 1. The molecule has 1 aromatic heterocycles. The van der Waals surface area contributed by atoms with Crippen molar-refractivity contribution in [1.29, 1.82) is 0 Å². The van der Waals surface area contributed by atoms with Gasteiger partial charge in [0.05, 0.1) is 13.1 Å². The predicted molar refractivity (Wildman–Crippen MR) is 110 cm³/mol. The van der Waals surface area contributed by atoms with Gasteiger partial charge in [-0.05, 0) is 35.7 Å². The van der Waals surface area contributed by atoms with Crippen LogP contribution in [-0.4, -0.2) is 42.2 Å². The minimum atomic E-state index is -1.00. The number of hydrogen-bond donors (Lipinski definition) is 4. The molecule has 5 nitrogen and oxygen atoms in total. The average Bonchev–Trinajstić information content (AvgIpc) is 3.13. The molecular weight excluding hydrogens is 369 g/mol. The third kappa shape index (κ3) is 4.49. The van der Waals surface area contributed by atoms with Gasteiger partial charge in [-0.3, -0.25) is 4.79 Å². The molecule has 0 atom stereocenters. The van der Waals surface area contributed by atoms with Crippen molar-refractivity contribution in [1.82, 2.24) is 10.3 Å². The van der Waals surface area contributed by atoms with Gasteiger partial charge in [-0.15, -0.1) is 0 Å². The minimum absolute atomic E-state index is 0.0241. The summed E-state index contributed by atoms with van der Waals surface area (Å²) in [6, 6.07) is 14.3. The highest BCUT2D eigenvalue weighted by Gasteiger charge is 2.36. The summed E-state index contributed by atoms with van der Waals surface area (Å²) in [6.07, 6.45) is 3.83. The molecule has 1 fully saturated rings. The number of amides is 1. The quantitative estimate of drug-likeness (QED) is 0.511. The molecule has 0 aliphatic carbocycles. The Labute approximate surface area is 169 Å². The number of para-hydroxylation sites is 1. The summed E-state index contributed by atoms with van der Waals surface area (Å²) >= 11 is 0. The van der Waals surface area contributed by atoms with E-state index in [1.54, 1.807) is 12.1 Å². The zero-order valence-corrected chi connectivity index (χ0v) is 16.4. The average molecular weight is 396 g/mol. The van der Waals surface area contributed by atoms with Crippen LogP contribution in [0.15, 0.2) is 54.7 Å². The fraction of sp³-hybridized carbons (Fsp3) is 0.348. The maximum atomic E-state index is 13.5. The Morgan fingerprint density at radius 1 is 1.17 bits per heavy atom.